The standard InChI is InChI=1S/C20H17ClN4O4S/c1-3-8-24-19(27)14-6-5-13(21)10-16(14)23-20(24)30-11-18(26)22-15-7-4-12(2)9-17(15)25(28)29/h3-7,9-10H,1,8,11H2,2H3,(H,22,26). The van der Waals surface area contributed by atoms with Crippen LogP contribution in [0.25, 0.3) is 10.9 Å². The highest BCUT2D eigenvalue weighted by atomic mass is 35.5. The van der Waals surface area contributed by atoms with Gasteiger partial charge in [0.1, 0.15) is 5.69 Å². The monoisotopic (exact) mass is 444 g/mol. The predicted molar refractivity (Wildman–Crippen MR) is 118 cm³/mol. The number of hydrogen-bond donors (Lipinski definition) is 1. The smallest absolute Gasteiger partial charge is 0.293 e. The van der Waals surface area contributed by atoms with Crippen LogP contribution in [0.5, 0.6) is 0 Å². The summed E-state index contributed by atoms with van der Waals surface area (Å²) in [7, 11) is 0. The Balaban J connectivity index is 1.85. The molecule has 0 spiro atoms. The first-order valence-electron chi connectivity index (χ1n) is 8.79. The number of aryl methyl sites for hydroxylation is 1. The van der Waals surface area contributed by atoms with Gasteiger partial charge in [0.05, 0.1) is 21.6 Å². The van der Waals surface area contributed by atoms with E-state index >= 15 is 0 Å². The minimum Gasteiger partial charge on any atom is -0.320 e. The average molecular weight is 445 g/mol. The van der Waals surface area contributed by atoms with Crippen molar-refractivity contribution in [1.29, 1.82) is 0 Å². The van der Waals surface area contributed by atoms with E-state index in [1.165, 1.54) is 16.7 Å². The SMILES string of the molecule is C=CCn1c(SCC(=O)Nc2ccc(C)cc2[N+](=O)[O-])nc2cc(Cl)ccc2c1=O. The van der Waals surface area contributed by atoms with Crippen LogP contribution in [0.2, 0.25) is 5.02 Å². The second-order valence-electron chi connectivity index (χ2n) is 6.37. The van der Waals surface area contributed by atoms with Gasteiger partial charge in [0.25, 0.3) is 11.2 Å². The Hall–Kier alpha value is -3.17. The molecule has 1 N–H and O–H groups in total. The molecular formula is C20H17ClN4O4S. The van der Waals surface area contributed by atoms with Crippen LogP contribution in [-0.4, -0.2) is 26.1 Å². The number of nitro benzene ring substituents is 1. The molecule has 0 fully saturated rings. The zero-order valence-electron chi connectivity index (χ0n) is 15.9. The van der Waals surface area contributed by atoms with E-state index in [2.05, 4.69) is 16.9 Å². The number of amides is 1. The van der Waals surface area contributed by atoms with E-state index in [0.717, 1.165) is 11.8 Å². The van der Waals surface area contributed by atoms with Gasteiger partial charge < -0.3 is 5.32 Å². The molecule has 0 bridgehead atoms. The van der Waals surface area contributed by atoms with E-state index in [1.54, 1.807) is 37.3 Å². The van der Waals surface area contributed by atoms with Gasteiger partial charge in [-0.1, -0.05) is 35.5 Å². The highest BCUT2D eigenvalue weighted by Gasteiger charge is 2.17. The Morgan fingerprint density at radius 2 is 2.13 bits per heavy atom. The predicted octanol–water partition coefficient (Wildman–Crippen LogP) is 4.18. The summed E-state index contributed by atoms with van der Waals surface area (Å²) < 4.78 is 1.41. The van der Waals surface area contributed by atoms with Crippen molar-refractivity contribution in [2.75, 3.05) is 11.1 Å². The van der Waals surface area contributed by atoms with Gasteiger partial charge in [-0.15, -0.1) is 6.58 Å². The number of carbonyl (C=O) groups is 1. The van der Waals surface area contributed by atoms with E-state index in [1.807, 2.05) is 0 Å². The number of hydrogen-bond acceptors (Lipinski definition) is 6. The third-order valence-corrected chi connectivity index (χ3v) is 5.36. The lowest BCUT2D eigenvalue weighted by molar-refractivity contribution is -0.384. The topological polar surface area (TPSA) is 107 Å². The van der Waals surface area contributed by atoms with Crippen LogP contribution in [0.4, 0.5) is 11.4 Å². The normalized spacial score (nSPS) is 10.7. The first kappa shape index (κ1) is 21.5. The highest BCUT2D eigenvalue weighted by Crippen LogP contribution is 2.26. The van der Waals surface area contributed by atoms with E-state index in [-0.39, 0.29) is 29.2 Å². The van der Waals surface area contributed by atoms with E-state index in [0.29, 0.717) is 26.6 Å². The molecule has 0 aliphatic rings. The average Bonchev–Trinajstić information content (AvgIpc) is 2.70. The van der Waals surface area contributed by atoms with Crippen molar-refractivity contribution in [2.24, 2.45) is 0 Å². The maximum atomic E-state index is 12.8. The molecule has 3 aromatic rings. The van der Waals surface area contributed by atoms with Crippen molar-refractivity contribution < 1.29 is 9.72 Å². The van der Waals surface area contributed by atoms with E-state index in [9.17, 15) is 19.7 Å². The number of rotatable bonds is 7. The molecule has 1 amide bonds. The molecular weight excluding hydrogens is 428 g/mol. The van der Waals surface area contributed by atoms with Crippen molar-refractivity contribution >= 4 is 51.5 Å². The number of anilines is 1. The molecule has 0 atom stereocenters. The number of allylic oxidation sites excluding steroid dienone is 1. The van der Waals surface area contributed by atoms with Gasteiger partial charge in [-0.05, 0) is 36.8 Å². The van der Waals surface area contributed by atoms with Gasteiger partial charge in [-0.25, -0.2) is 4.98 Å². The molecule has 0 aliphatic heterocycles. The van der Waals surface area contributed by atoms with Crippen LogP contribution in [0.3, 0.4) is 0 Å². The first-order chi connectivity index (χ1) is 14.3. The molecule has 0 saturated heterocycles. The summed E-state index contributed by atoms with van der Waals surface area (Å²) in [5.74, 6) is -0.557. The number of nitrogens with one attached hydrogen (secondary N) is 1. The molecule has 1 heterocycles. The van der Waals surface area contributed by atoms with Gasteiger partial charge in [0, 0.05) is 17.6 Å². The molecule has 0 aliphatic carbocycles. The minimum absolute atomic E-state index is 0.0965. The van der Waals surface area contributed by atoms with E-state index in [4.69, 9.17) is 11.6 Å². The Bertz CT molecular complexity index is 1230. The molecule has 2 aromatic carbocycles. The number of nitrogens with zero attached hydrogens (tertiary/aromatic N) is 3. The van der Waals surface area contributed by atoms with Crippen molar-refractivity contribution in [2.45, 2.75) is 18.6 Å². The summed E-state index contributed by atoms with van der Waals surface area (Å²) in [5, 5.41) is 14.9. The van der Waals surface area contributed by atoms with Gasteiger partial charge in [-0.3, -0.25) is 24.3 Å². The number of benzene rings is 2. The number of aromatic nitrogens is 2. The number of halogens is 1. The van der Waals surface area contributed by atoms with E-state index < -0.39 is 10.8 Å². The Morgan fingerprint density at radius 1 is 1.37 bits per heavy atom. The Morgan fingerprint density at radius 3 is 2.83 bits per heavy atom. The Labute approximate surface area is 180 Å². The molecule has 3 rings (SSSR count). The zero-order valence-corrected chi connectivity index (χ0v) is 17.5. The molecule has 0 radical (unpaired) electrons. The lowest BCUT2D eigenvalue weighted by atomic mass is 10.2. The molecule has 0 saturated carbocycles. The first-order valence-corrected chi connectivity index (χ1v) is 10.1. The number of thioether (sulfide) groups is 1. The van der Waals surface area contributed by atoms with Crippen LogP contribution in [-0.2, 0) is 11.3 Å². The second kappa shape index (κ2) is 9.10. The molecule has 154 valence electrons. The summed E-state index contributed by atoms with van der Waals surface area (Å²) in [6.45, 7) is 5.60. The number of carbonyl (C=O) groups excluding carboxylic acids is 1. The van der Waals surface area contributed by atoms with Crippen LogP contribution in [0.1, 0.15) is 5.56 Å². The molecule has 1 aromatic heterocycles. The summed E-state index contributed by atoms with van der Waals surface area (Å²) in [6.07, 6.45) is 1.56. The summed E-state index contributed by atoms with van der Waals surface area (Å²) in [6, 6.07) is 9.34. The van der Waals surface area contributed by atoms with Gasteiger partial charge >= 0.3 is 0 Å². The fourth-order valence-electron chi connectivity index (χ4n) is 2.79. The molecule has 0 unspecified atom stereocenters. The lowest BCUT2D eigenvalue weighted by Gasteiger charge is -2.12. The molecule has 8 nitrogen and oxygen atoms in total. The maximum absolute atomic E-state index is 12.8. The largest absolute Gasteiger partial charge is 0.320 e. The van der Waals surface area contributed by atoms with Gasteiger partial charge in [0.2, 0.25) is 5.91 Å². The maximum Gasteiger partial charge on any atom is 0.293 e. The fourth-order valence-corrected chi connectivity index (χ4v) is 3.76. The summed E-state index contributed by atoms with van der Waals surface area (Å²) >= 11 is 7.05. The molecule has 10 heteroatoms. The van der Waals surface area contributed by atoms with Crippen LogP contribution in [0, 0.1) is 17.0 Å². The zero-order chi connectivity index (χ0) is 21.8. The van der Waals surface area contributed by atoms with Crippen molar-refractivity contribution in [3.63, 3.8) is 0 Å². The van der Waals surface area contributed by atoms with Crippen LogP contribution in [0.15, 0.2) is 59.0 Å². The fraction of sp³-hybridized carbons (Fsp3) is 0.150. The van der Waals surface area contributed by atoms with Crippen molar-refractivity contribution in [1.82, 2.24) is 9.55 Å². The third kappa shape index (κ3) is 4.69. The van der Waals surface area contributed by atoms with Crippen LogP contribution < -0.4 is 10.9 Å². The van der Waals surface area contributed by atoms with Crippen LogP contribution >= 0.6 is 23.4 Å². The van der Waals surface area contributed by atoms with Gasteiger partial charge in [-0.2, -0.15) is 0 Å². The quantitative estimate of drug-likeness (QED) is 0.192. The van der Waals surface area contributed by atoms with Crippen molar-refractivity contribution in [3.05, 3.63) is 80.1 Å². The number of nitro groups is 1. The van der Waals surface area contributed by atoms with Crippen molar-refractivity contribution in [3.8, 4) is 0 Å². The Kier molecular flexibility index (Phi) is 6.53. The highest BCUT2D eigenvalue weighted by molar-refractivity contribution is 7.99. The third-order valence-electron chi connectivity index (χ3n) is 4.15. The summed E-state index contributed by atoms with van der Waals surface area (Å²) in [4.78, 5) is 40.3. The minimum atomic E-state index is -0.549. The van der Waals surface area contributed by atoms with Gasteiger partial charge in [0.15, 0.2) is 5.16 Å². The number of fused-ring (bicyclic) bond motifs is 1. The molecule has 30 heavy (non-hydrogen) atoms. The lowest BCUT2D eigenvalue weighted by Crippen LogP contribution is -2.24. The summed E-state index contributed by atoms with van der Waals surface area (Å²) in [5.41, 5.74) is 0.786. The second-order valence-corrected chi connectivity index (χ2v) is 7.75.